The minimum absolute atomic E-state index is 0.218. The van der Waals surface area contributed by atoms with Gasteiger partial charge >= 0.3 is 0 Å². The van der Waals surface area contributed by atoms with Crippen LogP contribution < -0.4 is 15.4 Å². The number of amides is 1. The predicted octanol–water partition coefficient (Wildman–Crippen LogP) is 2.66. The molecule has 12 heteroatoms. The van der Waals surface area contributed by atoms with Crippen LogP contribution in [0.5, 0.6) is 5.88 Å². The highest BCUT2D eigenvalue weighted by Crippen LogP contribution is 2.33. The normalized spacial score (nSPS) is 16.5. The van der Waals surface area contributed by atoms with Crippen molar-refractivity contribution in [1.29, 1.82) is 0 Å². The van der Waals surface area contributed by atoms with Gasteiger partial charge in [-0.2, -0.15) is 5.10 Å². The number of thiazole rings is 1. The topological polar surface area (TPSA) is 126 Å². The molecule has 1 amide bonds. The summed E-state index contributed by atoms with van der Waals surface area (Å²) in [5.41, 5.74) is 1.42. The molecule has 10 nitrogen and oxygen atoms in total. The lowest BCUT2D eigenvalue weighted by atomic mass is 10.1. The third-order valence-electron chi connectivity index (χ3n) is 6.01. The van der Waals surface area contributed by atoms with E-state index in [1.165, 1.54) is 11.3 Å². The van der Waals surface area contributed by atoms with Crippen molar-refractivity contribution in [3.63, 3.8) is 0 Å². The molecule has 2 fully saturated rings. The molecule has 0 radical (unpaired) electrons. The van der Waals surface area contributed by atoms with Crippen molar-refractivity contribution in [2.45, 2.75) is 35.8 Å². The number of nitrogens with one attached hydrogen (secondary N) is 2. The Kier molecular flexibility index (Phi) is 7.17. The van der Waals surface area contributed by atoms with E-state index in [1.807, 2.05) is 18.1 Å². The average Bonchev–Trinajstić information content (AvgIpc) is 3.48. The van der Waals surface area contributed by atoms with E-state index in [2.05, 4.69) is 25.7 Å². The Labute approximate surface area is 213 Å². The van der Waals surface area contributed by atoms with Gasteiger partial charge in [-0.25, -0.2) is 18.4 Å². The molecule has 190 valence electrons. The highest BCUT2D eigenvalue weighted by atomic mass is 32.2. The van der Waals surface area contributed by atoms with E-state index in [-0.39, 0.29) is 15.9 Å². The quantitative estimate of drug-likeness (QED) is 0.304. The van der Waals surface area contributed by atoms with Crippen molar-refractivity contribution < 1.29 is 17.9 Å². The Morgan fingerprint density at radius 3 is 2.58 bits per heavy atom. The SMILES string of the molecule is CNCCOc1ccc2nc(NC(=O)/C(=N/N3CCCC3)c3ccc(S(=O)(=O)C4CC4)cc3)sc2n1. The number of rotatable bonds is 10. The lowest BCUT2D eigenvalue weighted by Crippen LogP contribution is -2.27. The van der Waals surface area contributed by atoms with Crippen LogP contribution >= 0.6 is 11.3 Å². The summed E-state index contributed by atoms with van der Waals surface area (Å²) in [7, 11) is -1.45. The molecular formula is C24H28N6O4S2. The number of fused-ring (bicyclic) bond motifs is 1. The lowest BCUT2D eigenvalue weighted by molar-refractivity contribution is -0.110. The fourth-order valence-electron chi connectivity index (χ4n) is 3.90. The Bertz CT molecular complexity index is 1380. The fourth-order valence-corrected chi connectivity index (χ4v) is 6.38. The van der Waals surface area contributed by atoms with Crippen LogP contribution in [0.4, 0.5) is 5.13 Å². The molecule has 36 heavy (non-hydrogen) atoms. The first-order valence-corrected chi connectivity index (χ1v) is 14.3. The highest BCUT2D eigenvalue weighted by Gasteiger charge is 2.36. The van der Waals surface area contributed by atoms with Gasteiger partial charge in [0.15, 0.2) is 20.7 Å². The van der Waals surface area contributed by atoms with Crippen molar-refractivity contribution in [3.05, 3.63) is 42.0 Å². The Hall–Kier alpha value is -3.09. The largest absolute Gasteiger partial charge is 0.476 e. The molecule has 3 heterocycles. The maximum absolute atomic E-state index is 13.3. The number of hydrogen-bond acceptors (Lipinski definition) is 10. The van der Waals surface area contributed by atoms with E-state index in [4.69, 9.17) is 4.74 Å². The van der Waals surface area contributed by atoms with Crippen LogP contribution in [0.3, 0.4) is 0 Å². The number of carbonyl (C=O) groups excluding carboxylic acids is 1. The number of carbonyl (C=O) groups is 1. The van der Waals surface area contributed by atoms with Crippen LogP contribution in [-0.4, -0.2) is 73.6 Å². The number of nitrogens with zero attached hydrogens (tertiary/aromatic N) is 4. The van der Waals surface area contributed by atoms with E-state index in [1.54, 1.807) is 30.3 Å². The number of benzene rings is 1. The highest BCUT2D eigenvalue weighted by molar-refractivity contribution is 7.92. The van der Waals surface area contributed by atoms with Crippen molar-refractivity contribution in [2.75, 3.05) is 38.6 Å². The standard InChI is InChI=1S/C24H28N6O4S2/c1-25-12-15-34-20-11-10-19-23(27-20)35-24(26-19)28-22(31)21(29-30-13-2-3-14-30)16-4-6-17(7-5-16)36(32,33)18-8-9-18/h4-7,10-11,18,25H,2-3,8-9,12-15H2,1H3,(H,26,28,31)/b29-21+. The minimum atomic E-state index is -3.31. The van der Waals surface area contributed by atoms with Gasteiger partial charge in [0.1, 0.15) is 17.0 Å². The third-order valence-corrected chi connectivity index (χ3v) is 9.17. The molecule has 2 N–H and O–H groups in total. The van der Waals surface area contributed by atoms with Gasteiger partial charge in [0.2, 0.25) is 5.88 Å². The summed E-state index contributed by atoms with van der Waals surface area (Å²) in [6.07, 6.45) is 3.43. The molecule has 0 atom stereocenters. The lowest BCUT2D eigenvalue weighted by Gasteiger charge is -2.14. The second kappa shape index (κ2) is 10.5. The molecule has 5 rings (SSSR count). The molecule has 2 aliphatic rings. The first kappa shape index (κ1) is 24.6. The Morgan fingerprint density at radius 2 is 1.89 bits per heavy atom. The molecule has 1 aromatic carbocycles. The van der Waals surface area contributed by atoms with Gasteiger partial charge in [-0.15, -0.1) is 0 Å². The number of hydrazone groups is 1. The summed E-state index contributed by atoms with van der Waals surface area (Å²) in [6, 6.07) is 9.99. The smallest absolute Gasteiger partial charge is 0.278 e. The van der Waals surface area contributed by atoms with E-state index in [0.717, 1.165) is 25.9 Å². The van der Waals surface area contributed by atoms with E-state index in [9.17, 15) is 13.2 Å². The second-order valence-electron chi connectivity index (χ2n) is 8.78. The molecule has 1 saturated heterocycles. The summed E-state index contributed by atoms with van der Waals surface area (Å²) in [4.78, 5) is 23.2. The summed E-state index contributed by atoms with van der Waals surface area (Å²) in [5, 5.41) is 12.5. The Balaban J connectivity index is 1.37. The third kappa shape index (κ3) is 5.50. The molecule has 1 aliphatic carbocycles. The fraction of sp³-hybridized carbons (Fsp3) is 0.417. The summed E-state index contributed by atoms with van der Waals surface area (Å²) in [6.45, 7) is 2.74. The van der Waals surface area contributed by atoms with Crippen LogP contribution in [0.15, 0.2) is 46.4 Å². The molecule has 2 aromatic heterocycles. The molecule has 1 aliphatic heterocycles. The van der Waals surface area contributed by atoms with Gasteiger partial charge in [-0.3, -0.25) is 15.1 Å². The van der Waals surface area contributed by atoms with E-state index in [0.29, 0.717) is 52.9 Å². The van der Waals surface area contributed by atoms with Gasteiger partial charge in [0.25, 0.3) is 5.91 Å². The summed E-state index contributed by atoms with van der Waals surface area (Å²) < 4.78 is 30.8. The van der Waals surface area contributed by atoms with Crippen LogP contribution in [-0.2, 0) is 14.6 Å². The Morgan fingerprint density at radius 1 is 1.14 bits per heavy atom. The van der Waals surface area contributed by atoms with Crippen LogP contribution in [0.25, 0.3) is 10.3 Å². The van der Waals surface area contributed by atoms with Gasteiger partial charge < -0.3 is 10.1 Å². The van der Waals surface area contributed by atoms with Gasteiger partial charge in [-0.05, 0) is 50.9 Å². The molecular weight excluding hydrogens is 500 g/mol. The maximum Gasteiger partial charge on any atom is 0.278 e. The molecule has 3 aromatic rings. The number of likely N-dealkylation sites (N-methyl/N-ethyl adjacent to an activating group) is 1. The number of ether oxygens (including phenoxy) is 1. The number of aromatic nitrogens is 2. The van der Waals surface area contributed by atoms with Crippen molar-refractivity contribution in [1.82, 2.24) is 20.3 Å². The van der Waals surface area contributed by atoms with Crippen molar-refractivity contribution in [3.8, 4) is 5.88 Å². The van der Waals surface area contributed by atoms with E-state index < -0.39 is 15.7 Å². The zero-order valence-corrected chi connectivity index (χ0v) is 21.6. The number of anilines is 1. The number of hydrogen-bond donors (Lipinski definition) is 2. The number of sulfone groups is 1. The average molecular weight is 529 g/mol. The van der Waals surface area contributed by atoms with Crippen molar-refractivity contribution in [2.24, 2.45) is 5.10 Å². The number of pyridine rings is 1. The molecule has 0 unspecified atom stereocenters. The zero-order valence-electron chi connectivity index (χ0n) is 19.9. The van der Waals surface area contributed by atoms with Gasteiger partial charge in [0, 0.05) is 31.3 Å². The van der Waals surface area contributed by atoms with Crippen molar-refractivity contribution >= 4 is 48.3 Å². The van der Waals surface area contributed by atoms with Crippen LogP contribution in [0, 0.1) is 0 Å². The molecule has 0 bridgehead atoms. The zero-order chi connectivity index (χ0) is 25.1. The first-order chi connectivity index (χ1) is 17.4. The van der Waals surface area contributed by atoms with E-state index >= 15 is 0 Å². The van der Waals surface area contributed by atoms with Gasteiger partial charge in [0.05, 0.1) is 10.1 Å². The summed E-state index contributed by atoms with van der Waals surface area (Å²) in [5.74, 6) is 0.0843. The maximum atomic E-state index is 13.3. The predicted molar refractivity (Wildman–Crippen MR) is 139 cm³/mol. The molecule has 1 saturated carbocycles. The molecule has 0 spiro atoms. The minimum Gasteiger partial charge on any atom is -0.476 e. The van der Waals surface area contributed by atoms with Gasteiger partial charge in [-0.1, -0.05) is 23.5 Å². The van der Waals surface area contributed by atoms with Crippen LogP contribution in [0.1, 0.15) is 31.2 Å². The second-order valence-corrected chi connectivity index (χ2v) is 12.0. The first-order valence-electron chi connectivity index (χ1n) is 12.0. The monoisotopic (exact) mass is 528 g/mol. The summed E-state index contributed by atoms with van der Waals surface area (Å²) >= 11 is 1.25. The van der Waals surface area contributed by atoms with Crippen LogP contribution in [0.2, 0.25) is 0 Å².